The zero-order valence-electron chi connectivity index (χ0n) is 15.2. The third-order valence-corrected chi connectivity index (χ3v) is 6.64. The molecule has 0 saturated carbocycles. The summed E-state index contributed by atoms with van der Waals surface area (Å²) in [4.78, 5) is 20.9. The van der Waals surface area contributed by atoms with Gasteiger partial charge < -0.3 is 4.90 Å². The van der Waals surface area contributed by atoms with Crippen LogP contribution in [-0.4, -0.2) is 52.4 Å². The van der Waals surface area contributed by atoms with Crippen molar-refractivity contribution in [2.45, 2.75) is 30.8 Å². The molecule has 2 aromatic rings. The van der Waals surface area contributed by atoms with Gasteiger partial charge in [-0.15, -0.1) is 0 Å². The van der Waals surface area contributed by atoms with Crippen LogP contribution in [0.2, 0.25) is 0 Å². The van der Waals surface area contributed by atoms with Gasteiger partial charge in [0, 0.05) is 24.7 Å². The zero-order chi connectivity index (χ0) is 19.4. The minimum absolute atomic E-state index is 0.0226. The minimum Gasteiger partial charge on any atom is -0.333 e. The number of pyridine rings is 1. The minimum atomic E-state index is -0.880. The molecule has 2 bridgehead atoms. The summed E-state index contributed by atoms with van der Waals surface area (Å²) in [7, 11) is 0. The molecule has 6 rings (SSSR count). The van der Waals surface area contributed by atoms with Gasteiger partial charge in [0.15, 0.2) is 17.5 Å². The van der Waals surface area contributed by atoms with E-state index in [1.165, 1.54) is 18.3 Å². The second kappa shape index (κ2) is 6.58. The standard InChI is InChI=1S/C21H20F3N3O/c22-16-3-1-2-13(18(16)24)15-11-27(21(28)14-4-7-25-10-17(14)23)19-12-5-8-26(9-6-12)20(15)19/h1-4,7,10,12,15,19-20H,5-6,8-9,11H2/t15-,19+,20+/m0/s1. The molecule has 1 aromatic carbocycles. The maximum Gasteiger partial charge on any atom is 0.257 e. The first kappa shape index (κ1) is 17.7. The van der Waals surface area contributed by atoms with Crippen molar-refractivity contribution in [2.75, 3.05) is 19.6 Å². The quantitative estimate of drug-likeness (QED) is 0.794. The molecule has 4 fully saturated rings. The fraction of sp³-hybridized carbons (Fsp3) is 0.429. The fourth-order valence-electron chi connectivity index (χ4n) is 5.44. The van der Waals surface area contributed by atoms with Crippen LogP contribution in [0.3, 0.4) is 0 Å². The van der Waals surface area contributed by atoms with Gasteiger partial charge >= 0.3 is 0 Å². The lowest BCUT2D eigenvalue weighted by molar-refractivity contribution is -0.00372. The van der Waals surface area contributed by atoms with Crippen LogP contribution in [-0.2, 0) is 0 Å². The van der Waals surface area contributed by atoms with E-state index < -0.39 is 23.4 Å². The molecule has 0 aliphatic carbocycles. The Morgan fingerprint density at radius 2 is 1.82 bits per heavy atom. The number of hydrogen-bond acceptors (Lipinski definition) is 3. The van der Waals surface area contributed by atoms with Crippen molar-refractivity contribution in [3.63, 3.8) is 0 Å². The topological polar surface area (TPSA) is 36.4 Å². The van der Waals surface area contributed by atoms with Gasteiger partial charge in [-0.2, -0.15) is 0 Å². The van der Waals surface area contributed by atoms with E-state index in [9.17, 15) is 18.0 Å². The van der Waals surface area contributed by atoms with Crippen molar-refractivity contribution >= 4 is 5.91 Å². The van der Waals surface area contributed by atoms with Crippen molar-refractivity contribution in [1.82, 2.24) is 14.8 Å². The predicted molar refractivity (Wildman–Crippen MR) is 96.2 cm³/mol. The number of benzene rings is 1. The van der Waals surface area contributed by atoms with Crippen LogP contribution in [0.25, 0.3) is 0 Å². The maximum atomic E-state index is 14.6. The van der Waals surface area contributed by atoms with Crippen molar-refractivity contribution in [3.05, 3.63) is 65.2 Å². The summed E-state index contributed by atoms with van der Waals surface area (Å²) >= 11 is 0. The number of likely N-dealkylation sites (tertiary alicyclic amines) is 1. The highest BCUT2D eigenvalue weighted by Gasteiger charge is 2.55. The number of halogens is 3. The van der Waals surface area contributed by atoms with Gasteiger partial charge in [-0.25, -0.2) is 13.2 Å². The van der Waals surface area contributed by atoms with Crippen LogP contribution in [0, 0.1) is 23.4 Å². The molecule has 4 aliphatic rings. The van der Waals surface area contributed by atoms with Crippen molar-refractivity contribution < 1.29 is 18.0 Å². The molecule has 1 aromatic heterocycles. The van der Waals surface area contributed by atoms with E-state index in [4.69, 9.17) is 0 Å². The van der Waals surface area contributed by atoms with Crippen LogP contribution in [0.4, 0.5) is 13.2 Å². The van der Waals surface area contributed by atoms with E-state index in [0.29, 0.717) is 11.5 Å². The average molecular weight is 387 g/mol. The molecule has 7 heteroatoms. The van der Waals surface area contributed by atoms with Gasteiger partial charge in [0.2, 0.25) is 0 Å². The van der Waals surface area contributed by atoms with Crippen molar-refractivity contribution in [1.29, 1.82) is 0 Å². The first-order valence-electron chi connectivity index (χ1n) is 9.64. The molecular formula is C21H20F3N3O. The monoisotopic (exact) mass is 387 g/mol. The number of aromatic nitrogens is 1. The summed E-state index contributed by atoms with van der Waals surface area (Å²) in [6.07, 6.45) is 4.34. The molecule has 5 heterocycles. The molecule has 1 amide bonds. The molecule has 4 saturated heterocycles. The van der Waals surface area contributed by atoms with E-state index in [1.54, 1.807) is 11.0 Å². The number of carbonyl (C=O) groups excluding carboxylic acids is 1. The number of amides is 1. The van der Waals surface area contributed by atoms with Gasteiger partial charge in [-0.3, -0.25) is 14.7 Å². The zero-order valence-corrected chi connectivity index (χ0v) is 15.2. The van der Waals surface area contributed by atoms with Crippen LogP contribution in [0.5, 0.6) is 0 Å². The van der Waals surface area contributed by atoms with E-state index in [1.807, 2.05) is 0 Å². The third kappa shape index (κ3) is 2.56. The van der Waals surface area contributed by atoms with Crippen LogP contribution in [0.15, 0.2) is 36.7 Å². The fourth-order valence-corrected chi connectivity index (χ4v) is 5.44. The van der Waals surface area contributed by atoms with Gasteiger partial charge in [0.05, 0.1) is 17.8 Å². The number of rotatable bonds is 2. The van der Waals surface area contributed by atoms with Crippen LogP contribution in [0.1, 0.15) is 34.7 Å². The Morgan fingerprint density at radius 3 is 2.57 bits per heavy atom. The second-order valence-electron chi connectivity index (χ2n) is 7.92. The summed E-state index contributed by atoms with van der Waals surface area (Å²) in [6, 6.07) is 5.40. The molecule has 0 spiro atoms. The molecular weight excluding hydrogens is 367 g/mol. The van der Waals surface area contributed by atoms with Crippen molar-refractivity contribution in [3.8, 4) is 0 Å². The van der Waals surface area contributed by atoms with Gasteiger partial charge in [0.25, 0.3) is 5.91 Å². The normalized spacial score (nSPS) is 31.1. The predicted octanol–water partition coefficient (Wildman–Crippen LogP) is 3.20. The average Bonchev–Trinajstić information content (AvgIpc) is 3.13. The molecule has 0 radical (unpaired) electrons. The molecule has 4 aliphatic heterocycles. The molecule has 0 N–H and O–H groups in total. The first-order chi connectivity index (χ1) is 13.6. The Morgan fingerprint density at radius 1 is 1.04 bits per heavy atom. The first-order valence-corrected chi connectivity index (χ1v) is 9.64. The lowest BCUT2D eigenvalue weighted by Gasteiger charge is -2.51. The van der Waals surface area contributed by atoms with Crippen LogP contribution >= 0.6 is 0 Å². The second-order valence-corrected chi connectivity index (χ2v) is 7.92. The number of nitrogens with zero attached hydrogens (tertiary/aromatic N) is 3. The molecule has 0 unspecified atom stereocenters. The lowest BCUT2D eigenvalue weighted by atomic mass is 9.75. The summed E-state index contributed by atoms with van der Waals surface area (Å²) in [6.45, 7) is 2.04. The number of piperidine rings is 3. The highest BCUT2D eigenvalue weighted by Crippen LogP contribution is 2.47. The number of hydrogen-bond donors (Lipinski definition) is 0. The van der Waals surface area contributed by atoms with Gasteiger partial charge in [-0.05, 0) is 49.5 Å². The largest absolute Gasteiger partial charge is 0.333 e. The molecule has 146 valence electrons. The molecule has 3 atom stereocenters. The molecule has 4 nitrogen and oxygen atoms in total. The van der Waals surface area contributed by atoms with E-state index in [-0.39, 0.29) is 30.1 Å². The Bertz CT molecular complexity index is 929. The Hall–Kier alpha value is -2.41. The SMILES string of the molecule is O=C(c1ccncc1F)N1C[C@@H](c2cccc(F)c2F)[C@@H]2[C@H]1C1CCN2CC1. The number of fused-ring (bicyclic) bond motifs is 2. The van der Waals surface area contributed by atoms with E-state index >= 15 is 0 Å². The van der Waals surface area contributed by atoms with Crippen molar-refractivity contribution in [2.24, 2.45) is 5.92 Å². The Labute approximate surface area is 161 Å². The highest BCUT2D eigenvalue weighted by molar-refractivity contribution is 5.95. The number of carbonyl (C=O) groups is 1. The summed E-state index contributed by atoms with van der Waals surface area (Å²) in [5.41, 5.74) is 0.276. The highest BCUT2D eigenvalue weighted by atomic mass is 19.2. The summed E-state index contributed by atoms with van der Waals surface area (Å²) in [5.74, 6) is -2.83. The smallest absolute Gasteiger partial charge is 0.257 e. The lowest BCUT2D eigenvalue weighted by Crippen LogP contribution is -2.60. The van der Waals surface area contributed by atoms with Gasteiger partial charge in [0.1, 0.15) is 0 Å². The summed E-state index contributed by atoms with van der Waals surface area (Å²) < 4.78 is 42.7. The molecule has 28 heavy (non-hydrogen) atoms. The maximum absolute atomic E-state index is 14.6. The van der Waals surface area contributed by atoms with E-state index in [0.717, 1.165) is 38.2 Å². The Kier molecular flexibility index (Phi) is 4.16. The summed E-state index contributed by atoms with van der Waals surface area (Å²) in [5, 5.41) is 0. The van der Waals surface area contributed by atoms with E-state index in [2.05, 4.69) is 9.88 Å². The third-order valence-electron chi connectivity index (χ3n) is 6.64. The van der Waals surface area contributed by atoms with Crippen LogP contribution < -0.4 is 0 Å². The Balaban J connectivity index is 1.57. The van der Waals surface area contributed by atoms with Gasteiger partial charge in [-0.1, -0.05) is 12.1 Å².